The molecule has 1 N–H and O–H groups in total. The fourth-order valence-electron chi connectivity index (χ4n) is 1.75. The standard InChI is InChI=1S/C8H18O.C8H16O/c2*1-3-5-6-8(4-2)7-9/h8-9H,3-7H2,1-2H3;7-8H,3-6H2,1-2H3. The van der Waals surface area contributed by atoms with Crippen LogP contribution in [0.3, 0.4) is 0 Å². The van der Waals surface area contributed by atoms with Crippen LogP contribution in [0.1, 0.15) is 79.1 Å². The molecule has 0 bridgehead atoms. The normalized spacial score (nSPS) is 13.4. The SMILES string of the molecule is CCCCC(C=O)CC.CCCCC(CC)CO. The summed E-state index contributed by atoms with van der Waals surface area (Å²) in [7, 11) is 0. The molecule has 2 unspecified atom stereocenters. The Morgan fingerprint density at radius 1 is 0.944 bits per heavy atom. The summed E-state index contributed by atoms with van der Waals surface area (Å²) >= 11 is 0. The number of unbranched alkanes of at least 4 members (excludes halogenated alkanes) is 2. The van der Waals surface area contributed by atoms with Gasteiger partial charge in [0.15, 0.2) is 0 Å². The lowest BCUT2D eigenvalue weighted by atomic mass is 10.0. The van der Waals surface area contributed by atoms with E-state index in [1.54, 1.807) is 0 Å². The molecule has 0 heterocycles. The second kappa shape index (κ2) is 16.6. The molecule has 2 nitrogen and oxygen atoms in total. The number of carbonyl (C=O) groups is 1. The van der Waals surface area contributed by atoms with Gasteiger partial charge in [-0.2, -0.15) is 0 Å². The predicted octanol–water partition coefficient (Wildman–Crippen LogP) is 4.60. The van der Waals surface area contributed by atoms with Gasteiger partial charge < -0.3 is 9.90 Å². The van der Waals surface area contributed by atoms with Gasteiger partial charge in [0.25, 0.3) is 0 Å². The van der Waals surface area contributed by atoms with Crippen molar-refractivity contribution in [3.63, 3.8) is 0 Å². The average Bonchev–Trinajstić information content (AvgIpc) is 2.42. The summed E-state index contributed by atoms with van der Waals surface area (Å²) in [4.78, 5) is 10.2. The van der Waals surface area contributed by atoms with Crippen LogP contribution in [-0.4, -0.2) is 18.0 Å². The molecule has 110 valence electrons. The quantitative estimate of drug-likeness (QED) is 0.582. The first kappa shape index (κ1) is 20.0. The van der Waals surface area contributed by atoms with Crippen molar-refractivity contribution in [3.8, 4) is 0 Å². The Hall–Kier alpha value is -0.370. The molecule has 0 aliphatic heterocycles. The summed E-state index contributed by atoms with van der Waals surface area (Å²) in [6.07, 6.45) is 10.4. The minimum Gasteiger partial charge on any atom is -0.396 e. The van der Waals surface area contributed by atoms with Crippen LogP contribution in [0.5, 0.6) is 0 Å². The molecule has 0 aromatic heterocycles. The molecule has 0 fully saturated rings. The van der Waals surface area contributed by atoms with Gasteiger partial charge in [-0.3, -0.25) is 0 Å². The molecule has 2 atom stereocenters. The summed E-state index contributed by atoms with van der Waals surface area (Å²) < 4.78 is 0. The van der Waals surface area contributed by atoms with Crippen LogP contribution in [-0.2, 0) is 4.79 Å². The van der Waals surface area contributed by atoms with E-state index in [-0.39, 0.29) is 0 Å². The number of hydrogen-bond donors (Lipinski definition) is 1. The fourth-order valence-corrected chi connectivity index (χ4v) is 1.75. The predicted molar refractivity (Wildman–Crippen MR) is 79.8 cm³/mol. The van der Waals surface area contributed by atoms with Crippen molar-refractivity contribution in [1.82, 2.24) is 0 Å². The molecule has 2 heteroatoms. The highest BCUT2D eigenvalue weighted by atomic mass is 16.3. The van der Waals surface area contributed by atoms with Crippen molar-refractivity contribution < 1.29 is 9.90 Å². The van der Waals surface area contributed by atoms with Gasteiger partial charge in [-0.25, -0.2) is 0 Å². The van der Waals surface area contributed by atoms with Crippen LogP contribution in [0.15, 0.2) is 0 Å². The summed E-state index contributed by atoms with van der Waals surface area (Å²) in [5, 5.41) is 8.75. The molecule has 0 aromatic carbocycles. The number of hydrogen-bond acceptors (Lipinski definition) is 2. The van der Waals surface area contributed by atoms with Gasteiger partial charge in [-0.05, 0) is 25.2 Å². The molecule has 0 amide bonds. The van der Waals surface area contributed by atoms with E-state index < -0.39 is 0 Å². The molecule has 0 rings (SSSR count). The van der Waals surface area contributed by atoms with Crippen molar-refractivity contribution in [2.75, 3.05) is 6.61 Å². The average molecular weight is 258 g/mol. The largest absolute Gasteiger partial charge is 0.396 e. The Balaban J connectivity index is 0. The van der Waals surface area contributed by atoms with E-state index in [0.29, 0.717) is 18.4 Å². The highest BCUT2D eigenvalue weighted by molar-refractivity contribution is 5.53. The van der Waals surface area contributed by atoms with E-state index in [1.165, 1.54) is 32.1 Å². The second-order valence-corrected chi connectivity index (χ2v) is 5.05. The third-order valence-electron chi connectivity index (χ3n) is 3.45. The first-order valence-corrected chi connectivity index (χ1v) is 7.75. The monoisotopic (exact) mass is 258 g/mol. The minimum atomic E-state index is 0.324. The summed E-state index contributed by atoms with van der Waals surface area (Å²) in [5.41, 5.74) is 0. The highest BCUT2D eigenvalue weighted by Gasteiger charge is 2.01. The Bertz CT molecular complexity index is 153. The Morgan fingerprint density at radius 2 is 1.50 bits per heavy atom. The molecule has 0 radical (unpaired) electrons. The first-order chi connectivity index (χ1) is 8.69. The van der Waals surface area contributed by atoms with Crippen LogP contribution in [0, 0.1) is 11.8 Å². The van der Waals surface area contributed by atoms with Crippen molar-refractivity contribution in [1.29, 1.82) is 0 Å². The van der Waals surface area contributed by atoms with Gasteiger partial charge in [-0.1, -0.05) is 59.8 Å². The van der Waals surface area contributed by atoms with Gasteiger partial charge in [-0.15, -0.1) is 0 Å². The van der Waals surface area contributed by atoms with Gasteiger partial charge >= 0.3 is 0 Å². The molecule has 0 aliphatic rings. The van der Waals surface area contributed by atoms with Crippen LogP contribution in [0.25, 0.3) is 0 Å². The molecule has 18 heavy (non-hydrogen) atoms. The molecule has 0 saturated carbocycles. The van der Waals surface area contributed by atoms with Crippen LogP contribution in [0.2, 0.25) is 0 Å². The van der Waals surface area contributed by atoms with Crippen molar-refractivity contribution >= 4 is 6.29 Å². The Kier molecular flexibility index (Phi) is 18.4. The van der Waals surface area contributed by atoms with Gasteiger partial charge in [0.2, 0.25) is 0 Å². The molecular weight excluding hydrogens is 224 g/mol. The number of aldehydes is 1. The zero-order valence-electron chi connectivity index (χ0n) is 13.0. The summed E-state index contributed by atoms with van der Waals surface area (Å²) in [5.74, 6) is 0.884. The number of aliphatic hydroxyl groups is 1. The van der Waals surface area contributed by atoms with Crippen LogP contribution < -0.4 is 0 Å². The second-order valence-electron chi connectivity index (χ2n) is 5.05. The van der Waals surface area contributed by atoms with E-state index in [0.717, 1.165) is 25.5 Å². The zero-order valence-corrected chi connectivity index (χ0v) is 13.0. The van der Waals surface area contributed by atoms with Gasteiger partial charge in [0.05, 0.1) is 0 Å². The zero-order chi connectivity index (χ0) is 14.2. The van der Waals surface area contributed by atoms with E-state index in [4.69, 9.17) is 5.11 Å². The smallest absolute Gasteiger partial charge is 0.123 e. The van der Waals surface area contributed by atoms with E-state index >= 15 is 0 Å². The lowest BCUT2D eigenvalue weighted by Gasteiger charge is -2.08. The van der Waals surface area contributed by atoms with Crippen LogP contribution >= 0.6 is 0 Å². The van der Waals surface area contributed by atoms with E-state index in [9.17, 15) is 4.79 Å². The van der Waals surface area contributed by atoms with Crippen molar-refractivity contribution in [2.24, 2.45) is 11.8 Å². The maximum Gasteiger partial charge on any atom is 0.123 e. The van der Waals surface area contributed by atoms with E-state index in [1.807, 2.05) is 0 Å². The first-order valence-electron chi connectivity index (χ1n) is 7.75. The maximum absolute atomic E-state index is 10.2. The summed E-state index contributed by atoms with van der Waals surface area (Å²) in [6, 6.07) is 0. The third kappa shape index (κ3) is 13.7. The van der Waals surface area contributed by atoms with Crippen molar-refractivity contribution in [3.05, 3.63) is 0 Å². The van der Waals surface area contributed by atoms with E-state index in [2.05, 4.69) is 27.7 Å². The lowest BCUT2D eigenvalue weighted by molar-refractivity contribution is -0.111. The van der Waals surface area contributed by atoms with Crippen LogP contribution in [0.4, 0.5) is 0 Å². The minimum absolute atomic E-state index is 0.324. The van der Waals surface area contributed by atoms with Gasteiger partial charge in [0.1, 0.15) is 6.29 Å². The molecule has 0 aromatic rings. The molecule has 0 aliphatic carbocycles. The van der Waals surface area contributed by atoms with Gasteiger partial charge in [0, 0.05) is 12.5 Å². The maximum atomic E-state index is 10.2. The molecule has 0 saturated heterocycles. The lowest BCUT2D eigenvalue weighted by Crippen LogP contribution is -2.03. The fraction of sp³-hybridized carbons (Fsp3) is 0.938. The third-order valence-corrected chi connectivity index (χ3v) is 3.45. The number of rotatable bonds is 10. The molecule has 0 spiro atoms. The Labute approximate surface area is 114 Å². The highest BCUT2D eigenvalue weighted by Crippen LogP contribution is 2.10. The topological polar surface area (TPSA) is 37.3 Å². The number of carbonyl (C=O) groups excluding carboxylic acids is 1. The Morgan fingerprint density at radius 3 is 1.83 bits per heavy atom. The summed E-state index contributed by atoms with van der Waals surface area (Å²) in [6.45, 7) is 8.91. The van der Waals surface area contributed by atoms with Crippen molar-refractivity contribution in [2.45, 2.75) is 79.1 Å². The number of aliphatic hydroxyl groups excluding tert-OH is 1. The molecular formula is C16H34O2.